The number of hydrogen-bond donors (Lipinski definition) is 2. The predicted octanol–water partition coefficient (Wildman–Crippen LogP) is 2.21. The number of anilines is 2. The first-order valence-electron chi connectivity index (χ1n) is 5.19. The Morgan fingerprint density at radius 2 is 1.93 bits per heavy atom. The van der Waals surface area contributed by atoms with Crippen LogP contribution in [0.25, 0.3) is 0 Å². The molecule has 1 fully saturated rings. The molecule has 0 unspecified atom stereocenters. The van der Waals surface area contributed by atoms with Crippen molar-refractivity contribution in [3.8, 4) is 0 Å². The van der Waals surface area contributed by atoms with Crippen molar-refractivity contribution in [1.29, 1.82) is 0 Å². The average molecular weight is 226 g/mol. The molecule has 0 aromatic carbocycles. The zero-order valence-corrected chi connectivity index (χ0v) is 10.5. The molecule has 0 spiro atoms. The molecular formula is C10H18N4S. The van der Waals surface area contributed by atoms with Gasteiger partial charge in [-0.2, -0.15) is 9.36 Å². The Labute approximate surface area is 94.5 Å². The molecule has 0 saturated heterocycles. The van der Waals surface area contributed by atoms with Crippen LogP contribution in [0.5, 0.6) is 0 Å². The van der Waals surface area contributed by atoms with Crippen molar-refractivity contribution in [3.63, 3.8) is 0 Å². The van der Waals surface area contributed by atoms with Crippen LogP contribution in [-0.2, 0) is 0 Å². The lowest BCUT2D eigenvalue weighted by Gasteiger charge is -2.04. The number of nitrogen functional groups attached to an aromatic ring is 1. The molecule has 0 bridgehead atoms. The summed E-state index contributed by atoms with van der Waals surface area (Å²) in [6.45, 7) is 10.2. The van der Waals surface area contributed by atoms with E-state index in [0.717, 1.165) is 11.7 Å². The van der Waals surface area contributed by atoms with Gasteiger partial charge in [-0.15, -0.1) is 0 Å². The fourth-order valence-electron chi connectivity index (χ4n) is 2.34. The van der Waals surface area contributed by atoms with Crippen LogP contribution in [0.15, 0.2) is 0 Å². The predicted molar refractivity (Wildman–Crippen MR) is 63.9 cm³/mol. The van der Waals surface area contributed by atoms with Crippen molar-refractivity contribution in [1.82, 2.24) is 9.36 Å². The number of rotatable bonds is 3. The molecule has 0 radical (unpaired) electrons. The summed E-state index contributed by atoms with van der Waals surface area (Å²) in [7, 11) is 0. The van der Waals surface area contributed by atoms with Crippen molar-refractivity contribution in [3.05, 3.63) is 0 Å². The van der Waals surface area contributed by atoms with Gasteiger partial charge in [0.15, 0.2) is 0 Å². The third-order valence-electron chi connectivity index (χ3n) is 4.22. The van der Waals surface area contributed by atoms with Gasteiger partial charge in [0.05, 0.1) is 0 Å². The molecule has 1 aromatic rings. The lowest BCUT2D eigenvalue weighted by atomic mass is 10.0. The summed E-state index contributed by atoms with van der Waals surface area (Å²) in [5, 5.41) is 4.13. The van der Waals surface area contributed by atoms with Crippen molar-refractivity contribution in [2.45, 2.75) is 27.7 Å². The van der Waals surface area contributed by atoms with Crippen molar-refractivity contribution < 1.29 is 0 Å². The topological polar surface area (TPSA) is 63.8 Å². The third kappa shape index (κ3) is 1.58. The van der Waals surface area contributed by atoms with E-state index in [1.54, 1.807) is 0 Å². The van der Waals surface area contributed by atoms with Crippen LogP contribution in [0.3, 0.4) is 0 Å². The summed E-state index contributed by atoms with van der Waals surface area (Å²) in [6.07, 6.45) is 0. The van der Waals surface area contributed by atoms with Crippen molar-refractivity contribution >= 4 is 22.6 Å². The summed E-state index contributed by atoms with van der Waals surface area (Å²) in [5.74, 6) is 1.05. The van der Waals surface area contributed by atoms with E-state index < -0.39 is 0 Å². The lowest BCUT2D eigenvalue weighted by molar-refractivity contribution is 0.457. The van der Waals surface area contributed by atoms with E-state index in [1.165, 1.54) is 11.5 Å². The highest BCUT2D eigenvalue weighted by atomic mass is 32.1. The summed E-state index contributed by atoms with van der Waals surface area (Å²) in [4.78, 5) is 4.08. The zero-order valence-electron chi connectivity index (χ0n) is 9.66. The monoisotopic (exact) mass is 226 g/mol. The first kappa shape index (κ1) is 10.7. The fraction of sp³-hybridized carbons (Fsp3) is 0.800. The summed E-state index contributed by atoms with van der Waals surface area (Å²) >= 11 is 1.32. The Morgan fingerprint density at radius 3 is 2.33 bits per heavy atom. The van der Waals surface area contributed by atoms with Crippen LogP contribution in [0.1, 0.15) is 27.7 Å². The number of aromatic nitrogens is 2. The minimum atomic E-state index is 0.358. The molecule has 2 rings (SSSR count). The molecule has 1 aliphatic carbocycles. The Bertz CT molecular complexity index is 355. The minimum Gasteiger partial charge on any atom is -0.367 e. The van der Waals surface area contributed by atoms with E-state index in [9.17, 15) is 0 Å². The van der Waals surface area contributed by atoms with E-state index in [-0.39, 0.29) is 0 Å². The number of hydrogen-bond acceptors (Lipinski definition) is 5. The second-order valence-electron chi connectivity index (χ2n) is 5.33. The standard InChI is InChI=1S/C10H18N4S/c1-9(2)6(10(9,3)4)5-12-8-13-7(11)14-15-8/h6H,5H2,1-4H3,(H3,11,12,13,14). The maximum absolute atomic E-state index is 5.46. The molecule has 1 aliphatic rings. The molecule has 1 saturated carbocycles. The second kappa shape index (κ2) is 3.07. The van der Waals surface area contributed by atoms with Gasteiger partial charge in [0, 0.05) is 18.1 Å². The highest BCUT2D eigenvalue weighted by molar-refractivity contribution is 7.09. The van der Waals surface area contributed by atoms with Crippen LogP contribution in [0.2, 0.25) is 0 Å². The van der Waals surface area contributed by atoms with Gasteiger partial charge in [0.1, 0.15) is 0 Å². The van der Waals surface area contributed by atoms with E-state index in [1.807, 2.05) is 0 Å². The normalized spacial score (nSPS) is 22.7. The lowest BCUT2D eigenvalue weighted by Crippen LogP contribution is -2.07. The fourth-order valence-corrected chi connectivity index (χ4v) is 2.84. The van der Waals surface area contributed by atoms with E-state index >= 15 is 0 Å². The van der Waals surface area contributed by atoms with Crippen LogP contribution in [0.4, 0.5) is 11.1 Å². The maximum atomic E-state index is 5.46. The highest BCUT2D eigenvalue weighted by Crippen LogP contribution is 2.68. The van der Waals surface area contributed by atoms with E-state index in [0.29, 0.717) is 22.7 Å². The Morgan fingerprint density at radius 1 is 1.33 bits per heavy atom. The van der Waals surface area contributed by atoms with Gasteiger partial charge in [0.25, 0.3) is 0 Å². The second-order valence-corrected chi connectivity index (χ2v) is 6.09. The van der Waals surface area contributed by atoms with Crippen molar-refractivity contribution in [2.24, 2.45) is 16.7 Å². The molecule has 84 valence electrons. The van der Waals surface area contributed by atoms with Crippen molar-refractivity contribution in [2.75, 3.05) is 17.6 Å². The number of nitrogens with two attached hydrogens (primary N) is 1. The minimum absolute atomic E-state index is 0.358. The average Bonchev–Trinajstić information content (AvgIpc) is 2.50. The smallest absolute Gasteiger partial charge is 0.233 e. The number of nitrogens with zero attached hydrogens (tertiary/aromatic N) is 2. The van der Waals surface area contributed by atoms with Gasteiger partial charge in [-0.3, -0.25) is 0 Å². The van der Waals surface area contributed by atoms with Gasteiger partial charge in [-0.25, -0.2) is 0 Å². The molecule has 1 aromatic heterocycles. The summed E-state index contributed by atoms with van der Waals surface area (Å²) in [6, 6.07) is 0. The largest absolute Gasteiger partial charge is 0.367 e. The van der Waals surface area contributed by atoms with Gasteiger partial charge < -0.3 is 11.1 Å². The third-order valence-corrected chi connectivity index (χ3v) is 4.91. The van der Waals surface area contributed by atoms with Crippen LogP contribution < -0.4 is 11.1 Å². The molecule has 0 atom stereocenters. The quantitative estimate of drug-likeness (QED) is 0.829. The first-order chi connectivity index (χ1) is 6.85. The summed E-state index contributed by atoms with van der Waals surface area (Å²) < 4.78 is 3.93. The maximum Gasteiger partial charge on any atom is 0.233 e. The van der Waals surface area contributed by atoms with Gasteiger partial charge in [-0.05, 0) is 16.7 Å². The molecule has 0 aliphatic heterocycles. The molecular weight excluding hydrogens is 208 g/mol. The molecule has 3 N–H and O–H groups in total. The molecule has 1 heterocycles. The van der Waals surface area contributed by atoms with Crippen LogP contribution in [-0.4, -0.2) is 15.9 Å². The SMILES string of the molecule is CC1(C)C(CNc2nc(N)ns2)C1(C)C. The highest BCUT2D eigenvalue weighted by Gasteiger charge is 2.64. The summed E-state index contributed by atoms with van der Waals surface area (Å²) in [5.41, 5.74) is 6.28. The van der Waals surface area contributed by atoms with E-state index in [2.05, 4.69) is 42.4 Å². The molecule has 0 amide bonds. The van der Waals surface area contributed by atoms with Gasteiger partial charge in [-0.1, -0.05) is 27.7 Å². The molecule has 5 heteroatoms. The van der Waals surface area contributed by atoms with E-state index in [4.69, 9.17) is 5.73 Å². The Hall–Kier alpha value is -0.840. The zero-order chi connectivity index (χ0) is 11.3. The molecule has 4 nitrogen and oxygen atoms in total. The Balaban J connectivity index is 1.91. The molecule has 15 heavy (non-hydrogen) atoms. The van der Waals surface area contributed by atoms with Crippen LogP contribution >= 0.6 is 11.5 Å². The van der Waals surface area contributed by atoms with Gasteiger partial charge >= 0.3 is 0 Å². The first-order valence-corrected chi connectivity index (χ1v) is 5.96. The van der Waals surface area contributed by atoms with Gasteiger partial charge in [0.2, 0.25) is 11.1 Å². The Kier molecular flexibility index (Phi) is 2.19. The number of nitrogens with one attached hydrogen (secondary N) is 1. The van der Waals surface area contributed by atoms with Crippen LogP contribution in [0, 0.1) is 16.7 Å².